The number of nitrogens with two attached hydrogens (primary N) is 1. The Balaban J connectivity index is 1.28. The minimum atomic E-state index is -0.266. The smallest absolute Gasteiger partial charge is 0.254 e. The number of anilines is 1. The van der Waals surface area contributed by atoms with Gasteiger partial charge in [0.05, 0.1) is 23.3 Å². The van der Waals surface area contributed by atoms with Gasteiger partial charge in [0, 0.05) is 29.6 Å². The topological polar surface area (TPSA) is 108 Å². The van der Waals surface area contributed by atoms with Crippen LogP contribution in [0.25, 0.3) is 22.3 Å². The van der Waals surface area contributed by atoms with Gasteiger partial charge in [0.25, 0.3) is 5.91 Å². The predicted octanol–water partition coefficient (Wildman–Crippen LogP) is 6.14. The van der Waals surface area contributed by atoms with Crippen LogP contribution in [0.4, 0.5) is 5.13 Å². The van der Waals surface area contributed by atoms with Crippen molar-refractivity contribution in [3.8, 4) is 11.3 Å². The molecule has 8 nitrogen and oxygen atoms in total. The van der Waals surface area contributed by atoms with Gasteiger partial charge < -0.3 is 20.5 Å². The molecule has 0 aliphatic heterocycles. The summed E-state index contributed by atoms with van der Waals surface area (Å²) >= 11 is 1.37. The summed E-state index contributed by atoms with van der Waals surface area (Å²) in [5, 5.41) is 2.37. The van der Waals surface area contributed by atoms with E-state index >= 15 is 0 Å². The number of thiazole rings is 1. The molecule has 0 bridgehead atoms. The van der Waals surface area contributed by atoms with Crippen LogP contribution in [-0.4, -0.2) is 43.1 Å². The first-order valence-corrected chi connectivity index (χ1v) is 14.8. The molecule has 214 valence electrons. The number of para-hydroxylation sites is 2. The van der Waals surface area contributed by atoms with Crippen LogP contribution >= 0.6 is 11.3 Å². The van der Waals surface area contributed by atoms with Crippen molar-refractivity contribution in [1.82, 2.24) is 24.8 Å². The molecule has 6 aromatic rings. The van der Waals surface area contributed by atoms with Crippen molar-refractivity contribution in [1.29, 1.82) is 0 Å². The van der Waals surface area contributed by atoms with Gasteiger partial charge >= 0.3 is 0 Å². The molecular weight excluding hydrogens is 556 g/mol. The largest absolute Gasteiger partial charge is 0.375 e. The van der Waals surface area contributed by atoms with Crippen LogP contribution in [0.3, 0.4) is 0 Å². The second kappa shape index (κ2) is 12.7. The lowest BCUT2D eigenvalue weighted by molar-refractivity contribution is -0.133. The van der Waals surface area contributed by atoms with E-state index in [-0.39, 0.29) is 24.9 Å². The molecule has 4 aromatic carbocycles. The van der Waals surface area contributed by atoms with Crippen molar-refractivity contribution >= 4 is 39.3 Å². The van der Waals surface area contributed by atoms with Crippen molar-refractivity contribution in [2.45, 2.75) is 19.6 Å². The Morgan fingerprint density at radius 1 is 0.721 bits per heavy atom. The fourth-order valence-corrected chi connectivity index (χ4v) is 5.52. The van der Waals surface area contributed by atoms with Crippen molar-refractivity contribution in [3.63, 3.8) is 0 Å². The first kappa shape index (κ1) is 27.9. The van der Waals surface area contributed by atoms with E-state index in [1.807, 2.05) is 102 Å². The molecular formula is C34H30N6O2S. The van der Waals surface area contributed by atoms with Crippen molar-refractivity contribution in [3.05, 3.63) is 137 Å². The number of amides is 2. The van der Waals surface area contributed by atoms with E-state index in [1.165, 1.54) is 11.3 Å². The highest BCUT2D eigenvalue weighted by Crippen LogP contribution is 2.24. The molecule has 6 rings (SSSR count). The van der Waals surface area contributed by atoms with Gasteiger partial charge in [0.1, 0.15) is 12.4 Å². The maximum Gasteiger partial charge on any atom is 0.254 e. The van der Waals surface area contributed by atoms with Gasteiger partial charge in [-0.15, -0.1) is 11.3 Å². The highest BCUT2D eigenvalue weighted by atomic mass is 32.1. The summed E-state index contributed by atoms with van der Waals surface area (Å²) < 4.78 is 0. The number of imidazole rings is 1. The molecule has 0 radical (unpaired) electrons. The number of aromatic nitrogens is 3. The predicted molar refractivity (Wildman–Crippen MR) is 170 cm³/mol. The molecule has 2 amide bonds. The van der Waals surface area contributed by atoms with Crippen LogP contribution in [0.15, 0.2) is 115 Å². The molecule has 3 N–H and O–H groups in total. The molecule has 0 unspecified atom stereocenters. The molecule has 0 atom stereocenters. The summed E-state index contributed by atoms with van der Waals surface area (Å²) in [5.74, 6) is 0.179. The fraction of sp³-hybridized carbons (Fsp3) is 0.118. The number of nitrogen functional groups attached to an aromatic ring is 1. The lowest BCUT2D eigenvalue weighted by Gasteiger charge is -2.28. The van der Waals surface area contributed by atoms with Crippen LogP contribution in [0.5, 0.6) is 0 Å². The van der Waals surface area contributed by atoms with E-state index in [1.54, 1.807) is 21.9 Å². The number of carbonyl (C=O) groups is 2. The normalized spacial score (nSPS) is 11.0. The molecule has 2 aromatic heterocycles. The number of rotatable bonds is 10. The zero-order chi connectivity index (χ0) is 29.6. The third kappa shape index (κ3) is 6.79. The maximum atomic E-state index is 14.0. The first-order valence-electron chi connectivity index (χ1n) is 13.9. The molecule has 0 fully saturated rings. The molecule has 0 saturated heterocycles. The Morgan fingerprint density at radius 2 is 1.35 bits per heavy atom. The van der Waals surface area contributed by atoms with Gasteiger partial charge in [-0.3, -0.25) is 9.59 Å². The number of nitrogens with zero attached hydrogens (tertiary/aromatic N) is 4. The summed E-state index contributed by atoms with van der Waals surface area (Å²) in [7, 11) is 0. The zero-order valence-corrected chi connectivity index (χ0v) is 24.2. The summed E-state index contributed by atoms with van der Waals surface area (Å²) in [5.41, 5.74) is 11.6. The van der Waals surface area contributed by atoms with Crippen molar-refractivity contribution in [2.75, 3.05) is 12.3 Å². The minimum Gasteiger partial charge on any atom is -0.375 e. The number of fused-ring (bicyclic) bond motifs is 1. The number of aromatic amines is 1. The Bertz CT molecular complexity index is 1760. The number of H-pyrrole nitrogens is 1. The van der Waals surface area contributed by atoms with Crippen LogP contribution in [0.1, 0.15) is 27.3 Å². The first-order chi connectivity index (χ1) is 21.0. The van der Waals surface area contributed by atoms with E-state index in [4.69, 9.17) is 5.73 Å². The molecule has 0 aliphatic rings. The number of nitrogens with one attached hydrogen (secondary N) is 1. The number of benzene rings is 4. The van der Waals surface area contributed by atoms with Crippen LogP contribution < -0.4 is 5.73 Å². The Labute approximate surface area is 253 Å². The minimum absolute atomic E-state index is 0.111. The van der Waals surface area contributed by atoms with E-state index in [0.717, 1.165) is 33.4 Å². The monoisotopic (exact) mass is 586 g/mol. The standard InChI is InChI=1S/C34H30N6O2S/c35-34-38-30(23-43-34)26-15-17-27(18-16-26)33(42)40(21-31-36-28-13-7-8-14-29(28)37-31)22-32(41)39(19-24-9-3-1-4-10-24)20-25-11-5-2-6-12-25/h1-18,23H,19-22H2,(H2,35,38)(H,36,37). The van der Waals surface area contributed by atoms with Crippen molar-refractivity contribution in [2.24, 2.45) is 0 Å². The van der Waals surface area contributed by atoms with E-state index in [0.29, 0.717) is 29.6 Å². The van der Waals surface area contributed by atoms with Gasteiger partial charge in [-0.25, -0.2) is 9.97 Å². The quantitative estimate of drug-likeness (QED) is 0.201. The summed E-state index contributed by atoms with van der Waals surface area (Å²) in [6.45, 7) is 0.882. The maximum absolute atomic E-state index is 14.0. The third-order valence-corrected chi connectivity index (χ3v) is 7.80. The lowest BCUT2D eigenvalue weighted by Crippen LogP contribution is -2.42. The zero-order valence-electron chi connectivity index (χ0n) is 23.4. The fourth-order valence-electron chi connectivity index (χ4n) is 4.95. The molecule has 2 heterocycles. The average Bonchev–Trinajstić information content (AvgIpc) is 3.67. The van der Waals surface area contributed by atoms with E-state index in [9.17, 15) is 9.59 Å². The van der Waals surface area contributed by atoms with Crippen LogP contribution in [-0.2, 0) is 24.4 Å². The second-order valence-corrected chi connectivity index (χ2v) is 11.1. The van der Waals surface area contributed by atoms with Gasteiger partial charge in [-0.2, -0.15) is 0 Å². The summed E-state index contributed by atoms with van der Waals surface area (Å²) in [6.07, 6.45) is 0. The van der Waals surface area contributed by atoms with E-state index < -0.39 is 0 Å². The van der Waals surface area contributed by atoms with Gasteiger partial charge in [0.2, 0.25) is 5.91 Å². The summed E-state index contributed by atoms with van der Waals surface area (Å²) in [6, 6.07) is 34.7. The Kier molecular flexibility index (Phi) is 8.24. The highest BCUT2D eigenvalue weighted by molar-refractivity contribution is 7.13. The summed E-state index contributed by atoms with van der Waals surface area (Å²) in [4.78, 5) is 43.6. The second-order valence-electron chi connectivity index (χ2n) is 10.2. The molecule has 0 aliphatic carbocycles. The van der Waals surface area contributed by atoms with Gasteiger partial charge in [-0.1, -0.05) is 84.9 Å². The van der Waals surface area contributed by atoms with Gasteiger partial charge in [-0.05, 0) is 35.4 Å². The van der Waals surface area contributed by atoms with Crippen LogP contribution in [0.2, 0.25) is 0 Å². The van der Waals surface area contributed by atoms with Crippen LogP contribution in [0, 0.1) is 0 Å². The lowest BCUT2D eigenvalue weighted by atomic mass is 10.1. The van der Waals surface area contributed by atoms with E-state index in [2.05, 4.69) is 15.0 Å². The number of carbonyl (C=O) groups excluding carboxylic acids is 2. The van der Waals surface area contributed by atoms with Gasteiger partial charge in [0.15, 0.2) is 5.13 Å². The molecule has 43 heavy (non-hydrogen) atoms. The molecule has 0 spiro atoms. The molecule has 0 saturated carbocycles. The molecule has 9 heteroatoms. The SMILES string of the molecule is Nc1nc(-c2ccc(C(=O)N(CC(=O)N(Cc3ccccc3)Cc3ccccc3)Cc3nc4ccccc4[nH]3)cc2)cs1. The Morgan fingerprint density at radius 3 is 1.95 bits per heavy atom. The number of hydrogen-bond donors (Lipinski definition) is 2. The Hall–Kier alpha value is -5.28. The van der Waals surface area contributed by atoms with Crippen molar-refractivity contribution < 1.29 is 9.59 Å². The highest BCUT2D eigenvalue weighted by Gasteiger charge is 2.24. The average molecular weight is 587 g/mol. The number of hydrogen-bond acceptors (Lipinski definition) is 6. The third-order valence-electron chi connectivity index (χ3n) is 7.13.